The molecule has 1 heterocycles. The minimum Gasteiger partial charge on any atom is -0.444 e. The lowest BCUT2D eigenvalue weighted by molar-refractivity contribution is -0.116. The number of aliphatic imine (C=N–C) groups is 1. The number of amides is 2. The molecule has 1 aliphatic heterocycles. The lowest BCUT2D eigenvalue weighted by Crippen LogP contribution is -2.44. The van der Waals surface area contributed by atoms with Crippen LogP contribution in [0.15, 0.2) is 29.3 Å². The summed E-state index contributed by atoms with van der Waals surface area (Å²) >= 11 is 5.84. The van der Waals surface area contributed by atoms with Crippen LogP contribution in [0.25, 0.3) is 0 Å². The van der Waals surface area contributed by atoms with E-state index in [0.29, 0.717) is 31.0 Å². The van der Waals surface area contributed by atoms with Gasteiger partial charge in [0.25, 0.3) is 0 Å². The second-order valence-corrected chi connectivity index (χ2v) is 8.65. The summed E-state index contributed by atoms with van der Waals surface area (Å²) in [5.41, 5.74) is 0.216. The summed E-state index contributed by atoms with van der Waals surface area (Å²) < 4.78 is 5.31. The molecule has 10 heteroatoms. The first kappa shape index (κ1) is 27.3. The Morgan fingerprint density at radius 1 is 1.26 bits per heavy atom. The third kappa shape index (κ3) is 10.4. The summed E-state index contributed by atoms with van der Waals surface area (Å²) in [5, 5.41) is 9.67. The number of guanidine groups is 1. The van der Waals surface area contributed by atoms with Crippen LogP contribution in [0.3, 0.4) is 0 Å². The first-order valence-electron chi connectivity index (χ1n) is 10.2. The highest BCUT2D eigenvalue weighted by molar-refractivity contribution is 14.0. The molecule has 2 amide bonds. The molecule has 1 aliphatic rings. The maximum absolute atomic E-state index is 12.0. The average molecular weight is 566 g/mol. The van der Waals surface area contributed by atoms with E-state index in [2.05, 4.69) is 25.8 Å². The lowest BCUT2D eigenvalue weighted by atomic mass is 10.2. The zero-order valence-electron chi connectivity index (χ0n) is 18.5. The van der Waals surface area contributed by atoms with Gasteiger partial charge in [-0.2, -0.15) is 0 Å². The Morgan fingerprint density at radius 3 is 2.55 bits per heavy atom. The van der Waals surface area contributed by atoms with Crippen LogP contribution in [0.1, 0.15) is 40.0 Å². The van der Waals surface area contributed by atoms with Crippen molar-refractivity contribution in [2.75, 3.05) is 32.0 Å². The van der Waals surface area contributed by atoms with E-state index in [1.165, 1.54) is 0 Å². The highest BCUT2D eigenvalue weighted by Gasteiger charge is 2.27. The van der Waals surface area contributed by atoms with Gasteiger partial charge in [-0.05, 0) is 57.9 Å². The number of nitrogens with zero attached hydrogens (tertiary/aromatic N) is 2. The molecule has 0 aromatic heterocycles. The van der Waals surface area contributed by atoms with Crippen molar-refractivity contribution in [3.63, 3.8) is 0 Å². The Balaban J connectivity index is 0.00000480. The molecule has 1 fully saturated rings. The quantitative estimate of drug-likeness (QED) is 0.211. The van der Waals surface area contributed by atoms with Gasteiger partial charge >= 0.3 is 6.09 Å². The van der Waals surface area contributed by atoms with Gasteiger partial charge in [0.1, 0.15) is 5.60 Å². The fraction of sp³-hybridized carbons (Fsp3) is 0.571. The van der Waals surface area contributed by atoms with Gasteiger partial charge in [0.15, 0.2) is 5.96 Å². The van der Waals surface area contributed by atoms with Crippen LogP contribution in [0, 0.1) is 0 Å². The fourth-order valence-corrected chi connectivity index (χ4v) is 3.21. The predicted octanol–water partition coefficient (Wildman–Crippen LogP) is 3.85. The van der Waals surface area contributed by atoms with Crippen molar-refractivity contribution in [3.05, 3.63) is 29.3 Å². The summed E-state index contributed by atoms with van der Waals surface area (Å²) in [4.78, 5) is 30.4. The molecule has 8 nitrogen and oxygen atoms in total. The van der Waals surface area contributed by atoms with Gasteiger partial charge in [0, 0.05) is 43.8 Å². The number of carbonyl (C=O) groups excluding carboxylic acids is 2. The molecule has 174 valence electrons. The third-order valence-electron chi connectivity index (χ3n) is 4.41. The monoisotopic (exact) mass is 565 g/mol. The van der Waals surface area contributed by atoms with Crippen LogP contribution in [-0.2, 0) is 9.53 Å². The molecule has 1 atom stereocenters. The Hall–Kier alpha value is -1.75. The summed E-state index contributed by atoms with van der Waals surface area (Å²) in [6, 6.07) is 7.04. The molecule has 0 aliphatic carbocycles. The van der Waals surface area contributed by atoms with Gasteiger partial charge in [0.05, 0.1) is 6.04 Å². The summed E-state index contributed by atoms with van der Waals surface area (Å²) in [6.45, 7) is 7.60. The number of hydrogen-bond acceptors (Lipinski definition) is 4. The van der Waals surface area contributed by atoms with Crippen LogP contribution in [0.5, 0.6) is 0 Å². The SMILES string of the molecule is CN=C(NCCCC(=O)Nc1ccc(Cl)cc1)N1CCC(NC(=O)OC(C)(C)C)C1.I. The van der Waals surface area contributed by atoms with E-state index in [1.54, 1.807) is 31.3 Å². The minimum atomic E-state index is -0.514. The summed E-state index contributed by atoms with van der Waals surface area (Å²) in [6.07, 6.45) is 1.49. The van der Waals surface area contributed by atoms with E-state index >= 15 is 0 Å². The number of halogens is 2. The van der Waals surface area contributed by atoms with E-state index < -0.39 is 11.7 Å². The molecule has 3 N–H and O–H groups in total. The molecule has 1 aromatic rings. The number of carbonyl (C=O) groups is 2. The number of nitrogens with one attached hydrogen (secondary N) is 3. The minimum absolute atomic E-state index is 0. The van der Waals surface area contributed by atoms with Gasteiger partial charge < -0.3 is 25.6 Å². The molecule has 1 saturated heterocycles. The fourth-order valence-electron chi connectivity index (χ4n) is 3.08. The largest absolute Gasteiger partial charge is 0.444 e. The number of alkyl carbamates (subject to hydrolysis) is 1. The Morgan fingerprint density at radius 2 is 1.94 bits per heavy atom. The predicted molar refractivity (Wildman–Crippen MR) is 135 cm³/mol. The van der Waals surface area contributed by atoms with Gasteiger partial charge in [-0.3, -0.25) is 9.79 Å². The molecular formula is C21H33ClIN5O3. The number of hydrogen-bond donors (Lipinski definition) is 3. The number of anilines is 1. The van der Waals surface area contributed by atoms with Crippen molar-refractivity contribution in [2.45, 2.75) is 51.7 Å². The smallest absolute Gasteiger partial charge is 0.407 e. The molecule has 31 heavy (non-hydrogen) atoms. The van der Waals surface area contributed by atoms with Crippen molar-refractivity contribution < 1.29 is 14.3 Å². The summed E-state index contributed by atoms with van der Waals surface area (Å²) in [5.74, 6) is 0.721. The van der Waals surface area contributed by atoms with Crippen LogP contribution in [-0.4, -0.2) is 61.2 Å². The van der Waals surface area contributed by atoms with Crippen LogP contribution < -0.4 is 16.0 Å². The van der Waals surface area contributed by atoms with E-state index in [4.69, 9.17) is 16.3 Å². The van der Waals surface area contributed by atoms with E-state index in [1.807, 2.05) is 20.8 Å². The maximum atomic E-state index is 12.0. The van der Waals surface area contributed by atoms with Crippen molar-refractivity contribution in [2.24, 2.45) is 4.99 Å². The summed E-state index contributed by atoms with van der Waals surface area (Å²) in [7, 11) is 1.73. The van der Waals surface area contributed by atoms with Gasteiger partial charge in [0.2, 0.25) is 5.91 Å². The van der Waals surface area contributed by atoms with Crippen LogP contribution in [0.4, 0.5) is 10.5 Å². The first-order chi connectivity index (χ1) is 14.2. The molecule has 0 radical (unpaired) electrons. The number of likely N-dealkylation sites (tertiary alicyclic amines) is 1. The van der Waals surface area contributed by atoms with Gasteiger partial charge in [-0.1, -0.05) is 11.6 Å². The van der Waals surface area contributed by atoms with Gasteiger partial charge in [-0.25, -0.2) is 4.79 Å². The van der Waals surface area contributed by atoms with Crippen molar-refractivity contribution in [1.29, 1.82) is 0 Å². The Bertz CT molecular complexity index is 752. The highest BCUT2D eigenvalue weighted by Crippen LogP contribution is 2.14. The van der Waals surface area contributed by atoms with E-state index in [-0.39, 0.29) is 35.9 Å². The zero-order chi connectivity index (χ0) is 22.1. The number of rotatable bonds is 6. The average Bonchev–Trinajstić information content (AvgIpc) is 3.10. The maximum Gasteiger partial charge on any atom is 0.407 e. The second kappa shape index (κ2) is 12.9. The second-order valence-electron chi connectivity index (χ2n) is 8.21. The number of benzene rings is 1. The first-order valence-corrected chi connectivity index (χ1v) is 10.5. The van der Waals surface area contributed by atoms with Crippen molar-refractivity contribution >= 4 is 59.2 Å². The molecule has 0 saturated carbocycles. The molecule has 0 spiro atoms. The molecular weight excluding hydrogens is 533 g/mol. The topological polar surface area (TPSA) is 95.1 Å². The van der Waals surface area contributed by atoms with Crippen molar-refractivity contribution in [3.8, 4) is 0 Å². The van der Waals surface area contributed by atoms with Crippen LogP contribution >= 0.6 is 35.6 Å². The zero-order valence-corrected chi connectivity index (χ0v) is 21.6. The number of ether oxygens (including phenoxy) is 1. The Labute approximate surface area is 206 Å². The molecule has 2 rings (SSSR count). The highest BCUT2D eigenvalue weighted by atomic mass is 127. The lowest BCUT2D eigenvalue weighted by Gasteiger charge is -2.23. The normalized spacial score (nSPS) is 16.4. The molecule has 1 unspecified atom stereocenters. The van der Waals surface area contributed by atoms with E-state index in [9.17, 15) is 9.59 Å². The third-order valence-corrected chi connectivity index (χ3v) is 4.66. The van der Waals surface area contributed by atoms with Gasteiger partial charge in [-0.15, -0.1) is 24.0 Å². The molecule has 0 bridgehead atoms. The van der Waals surface area contributed by atoms with Crippen molar-refractivity contribution in [1.82, 2.24) is 15.5 Å². The van der Waals surface area contributed by atoms with Crippen LogP contribution in [0.2, 0.25) is 5.02 Å². The standard InChI is InChI=1S/C21H32ClN5O3.HI/c1-21(2,3)30-20(29)26-17-11-13-27(14-17)19(23-4)24-12-5-6-18(28)25-16-9-7-15(22)8-10-16;/h7-10,17H,5-6,11-14H2,1-4H3,(H,23,24)(H,25,28)(H,26,29);1H. The molecule has 1 aromatic carbocycles. The Kier molecular flexibility index (Phi) is 11.4. The van der Waals surface area contributed by atoms with E-state index in [0.717, 1.165) is 24.6 Å².